The molecule has 1 aromatic carbocycles. The van der Waals surface area contributed by atoms with Crippen molar-refractivity contribution in [2.24, 2.45) is 0 Å². The van der Waals surface area contributed by atoms with Gasteiger partial charge in [0, 0.05) is 11.4 Å². The average Bonchev–Trinajstić information content (AvgIpc) is 3.26. The van der Waals surface area contributed by atoms with E-state index < -0.39 is 22.0 Å². The number of hydrogen-bond acceptors (Lipinski definition) is 6. The minimum Gasteiger partial charge on any atom is -0.478 e. The molecular formula is C15H14N4O4S2. The van der Waals surface area contributed by atoms with Gasteiger partial charge in [0.2, 0.25) is 0 Å². The topological polar surface area (TPSA) is 114 Å². The van der Waals surface area contributed by atoms with Gasteiger partial charge in [-0.25, -0.2) is 27.6 Å². The van der Waals surface area contributed by atoms with Crippen LogP contribution in [0, 0.1) is 0 Å². The first kappa shape index (κ1) is 17.3. The fourth-order valence-electron chi connectivity index (χ4n) is 2.19. The summed E-state index contributed by atoms with van der Waals surface area (Å²) in [6, 6.07) is 7.87. The van der Waals surface area contributed by atoms with Crippen molar-refractivity contribution >= 4 is 27.3 Å². The number of nitrogens with zero attached hydrogens (tertiary/aromatic N) is 3. The number of carboxylic acids is 1. The lowest BCUT2D eigenvalue weighted by molar-refractivity contribution is 0.0697. The van der Waals surface area contributed by atoms with Gasteiger partial charge < -0.3 is 5.11 Å². The molecule has 0 saturated heterocycles. The summed E-state index contributed by atoms with van der Waals surface area (Å²) in [5, 5.41) is 14.2. The predicted octanol–water partition coefficient (Wildman–Crippen LogP) is 2.07. The van der Waals surface area contributed by atoms with Crippen molar-refractivity contribution in [2.45, 2.75) is 17.2 Å². The van der Waals surface area contributed by atoms with Gasteiger partial charge in [-0.2, -0.15) is 5.10 Å². The van der Waals surface area contributed by atoms with Crippen LogP contribution in [-0.2, 0) is 10.0 Å². The molecule has 0 aliphatic carbocycles. The molecule has 0 aliphatic heterocycles. The van der Waals surface area contributed by atoms with Gasteiger partial charge in [0.25, 0.3) is 10.0 Å². The first-order chi connectivity index (χ1) is 11.9. The van der Waals surface area contributed by atoms with Crippen molar-refractivity contribution < 1.29 is 18.3 Å². The Morgan fingerprint density at radius 3 is 2.60 bits per heavy atom. The molecule has 2 N–H and O–H groups in total. The summed E-state index contributed by atoms with van der Waals surface area (Å²) < 4.78 is 28.9. The molecule has 0 radical (unpaired) electrons. The Morgan fingerprint density at radius 2 is 2.04 bits per heavy atom. The fourth-order valence-corrected chi connectivity index (χ4v) is 4.59. The highest BCUT2D eigenvalue weighted by Crippen LogP contribution is 2.23. The maximum atomic E-state index is 12.4. The monoisotopic (exact) mass is 378 g/mol. The molecule has 0 saturated carbocycles. The van der Waals surface area contributed by atoms with Crippen LogP contribution in [0.5, 0.6) is 0 Å². The van der Waals surface area contributed by atoms with Gasteiger partial charge in [-0.15, -0.1) is 11.3 Å². The Bertz CT molecular complexity index is 979. The van der Waals surface area contributed by atoms with E-state index in [9.17, 15) is 13.2 Å². The summed E-state index contributed by atoms with van der Waals surface area (Å²) >= 11 is 0.873. The zero-order chi connectivity index (χ0) is 18.0. The Hall–Kier alpha value is -2.56. The van der Waals surface area contributed by atoms with Gasteiger partial charge in [0.15, 0.2) is 0 Å². The van der Waals surface area contributed by atoms with Crippen LogP contribution >= 0.6 is 11.3 Å². The first-order valence-corrected chi connectivity index (χ1v) is 9.52. The van der Waals surface area contributed by atoms with Crippen LogP contribution in [0.3, 0.4) is 0 Å². The molecule has 1 atom stereocenters. The van der Waals surface area contributed by atoms with Crippen molar-refractivity contribution in [1.29, 1.82) is 0 Å². The van der Waals surface area contributed by atoms with Crippen molar-refractivity contribution in [3.63, 3.8) is 0 Å². The minimum atomic E-state index is -3.80. The van der Waals surface area contributed by atoms with E-state index in [2.05, 4.69) is 14.8 Å². The maximum absolute atomic E-state index is 12.4. The van der Waals surface area contributed by atoms with Crippen LogP contribution in [0.2, 0.25) is 0 Å². The first-order valence-electron chi connectivity index (χ1n) is 7.16. The van der Waals surface area contributed by atoms with Gasteiger partial charge in [-0.1, -0.05) is 12.1 Å². The lowest BCUT2D eigenvalue weighted by atomic mass is 10.1. The number of carboxylic acid groups (broad SMARTS) is 1. The number of hydrogen-bond donors (Lipinski definition) is 2. The second-order valence-electron chi connectivity index (χ2n) is 5.23. The van der Waals surface area contributed by atoms with Crippen LogP contribution in [0.15, 0.2) is 52.6 Å². The van der Waals surface area contributed by atoms with E-state index in [4.69, 9.17) is 5.11 Å². The van der Waals surface area contributed by atoms with E-state index >= 15 is 0 Å². The molecule has 2 heterocycles. The summed E-state index contributed by atoms with van der Waals surface area (Å²) in [4.78, 5) is 14.8. The molecule has 2 aromatic heterocycles. The quantitative estimate of drug-likeness (QED) is 0.679. The van der Waals surface area contributed by atoms with Crippen molar-refractivity contribution in [2.75, 3.05) is 0 Å². The molecule has 3 aromatic rings. The number of thiophene rings is 1. The number of benzene rings is 1. The van der Waals surface area contributed by atoms with Crippen molar-refractivity contribution in [1.82, 2.24) is 19.5 Å². The fraction of sp³-hybridized carbons (Fsp3) is 0.133. The van der Waals surface area contributed by atoms with Gasteiger partial charge in [-0.05, 0) is 30.7 Å². The minimum absolute atomic E-state index is 0.0315. The van der Waals surface area contributed by atoms with Crippen LogP contribution in [0.4, 0.5) is 0 Å². The van der Waals surface area contributed by atoms with Crippen molar-refractivity contribution in [3.8, 4) is 5.69 Å². The van der Waals surface area contributed by atoms with Crippen LogP contribution in [0.1, 0.15) is 28.9 Å². The number of nitrogens with one attached hydrogen (secondary N) is 1. The summed E-state index contributed by atoms with van der Waals surface area (Å²) in [6.45, 7) is 1.72. The molecule has 130 valence electrons. The maximum Gasteiger partial charge on any atom is 0.336 e. The highest BCUT2D eigenvalue weighted by Gasteiger charge is 2.21. The van der Waals surface area contributed by atoms with E-state index in [-0.39, 0.29) is 9.77 Å². The summed E-state index contributed by atoms with van der Waals surface area (Å²) in [5.41, 5.74) is 1.53. The summed E-state index contributed by atoms with van der Waals surface area (Å²) in [5.74, 6) is -1.16. The lowest BCUT2D eigenvalue weighted by Gasteiger charge is -2.14. The molecule has 0 amide bonds. The Kier molecular flexibility index (Phi) is 4.66. The van der Waals surface area contributed by atoms with E-state index in [1.54, 1.807) is 30.1 Å². The Labute approximate surface area is 147 Å². The number of rotatable bonds is 6. The van der Waals surface area contributed by atoms with Gasteiger partial charge >= 0.3 is 5.97 Å². The van der Waals surface area contributed by atoms with E-state index in [0.29, 0.717) is 0 Å². The lowest BCUT2D eigenvalue weighted by Crippen LogP contribution is -2.26. The summed E-state index contributed by atoms with van der Waals surface area (Å²) in [6.07, 6.45) is 3.00. The van der Waals surface area contributed by atoms with Crippen molar-refractivity contribution in [3.05, 3.63) is 59.5 Å². The van der Waals surface area contributed by atoms with Gasteiger partial charge in [-0.3, -0.25) is 0 Å². The molecular weight excluding hydrogens is 364 g/mol. The van der Waals surface area contributed by atoms with Crippen LogP contribution < -0.4 is 4.72 Å². The van der Waals surface area contributed by atoms with Crippen LogP contribution in [0.25, 0.3) is 5.69 Å². The molecule has 25 heavy (non-hydrogen) atoms. The standard InChI is InChI=1S/C15H14N4O4S2/c1-10(11-2-4-13(5-3-11)19-9-16-8-17-19)18-25(22,23)14-6-12(7-24-14)15(20)21/h2-10,18H,1H3,(H,20,21)/t10-/m1/s1. The number of aromatic carboxylic acids is 1. The molecule has 0 unspecified atom stereocenters. The SMILES string of the molecule is C[C@@H](NS(=O)(=O)c1cc(C(=O)O)cs1)c1ccc(-n2cncn2)cc1. The van der Waals surface area contributed by atoms with E-state index in [1.165, 1.54) is 11.7 Å². The highest BCUT2D eigenvalue weighted by atomic mass is 32.2. The van der Waals surface area contributed by atoms with Crippen LogP contribution in [-0.4, -0.2) is 34.3 Å². The second-order valence-corrected chi connectivity index (χ2v) is 8.09. The second kappa shape index (κ2) is 6.75. The number of carbonyl (C=O) groups is 1. The average molecular weight is 378 g/mol. The molecule has 0 bridgehead atoms. The number of aromatic nitrogens is 3. The normalized spacial score (nSPS) is 12.8. The third kappa shape index (κ3) is 3.76. The molecule has 3 rings (SSSR count). The molecule has 8 nitrogen and oxygen atoms in total. The van der Waals surface area contributed by atoms with Gasteiger partial charge in [0.05, 0.1) is 11.3 Å². The number of sulfonamides is 1. The Morgan fingerprint density at radius 1 is 1.32 bits per heavy atom. The molecule has 10 heteroatoms. The highest BCUT2D eigenvalue weighted by molar-refractivity contribution is 7.91. The molecule has 0 spiro atoms. The smallest absolute Gasteiger partial charge is 0.336 e. The molecule has 0 fully saturated rings. The predicted molar refractivity (Wildman–Crippen MR) is 91.4 cm³/mol. The Balaban J connectivity index is 1.76. The largest absolute Gasteiger partial charge is 0.478 e. The zero-order valence-electron chi connectivity index (χ0n) is 13.0. The molecule has 0 aliphatic rings. The summed E-state index contributed by atoms with van der Waals surface area (Å²) in [7, 11) is -3.80. The zero-order valence-corrected chi connectivity index (χ0v) is 14.7. The van der Waals surface area contributed by atoms with E-state index in [0.717, 1.165) is 28.7 Å². The third-order valence-corrected chi connectivity index (χ3v) is 6.48. The van der Waals surface area contributed by atoms with E-state index in [1.807, 2.05) is 12.1 Å². The third-order valence-electron chi connectivity index (χ3n) is 3.50. The van der Waals surface area contributed by atoms with Gasteiger partial charge in [0.1, 0.15) is 16.9 Å².